The second-order valence-electron chi connectivity index (χ2n) is 3.29. The van der Waals surface area contributed by atoms with Crippen LogP contribution in [0.25, 0.3) is 0 Å². The van der Waals surface area contributed by atoms with E-state index < -0.39 is 0 Å². The second-order valence-corrected chi connectivity index (χ2v) is 5.57. The highest BCUT2D eigenvalue weighted by atomic mass is 28.2. The standard InChI is InChI=1S/C11H16OSi/c1-3-9(2)13-11-6-4-10(8-12)5-7-11/h3-7,12H,8,13H2,1-2H3. The number of benzene rings is 1. The van der Waals surface area contributed by atoms with E-state index in [1.54, 1.807) is 0 Å². The smallest absolute Gasteiger partial charge is 0.0816 e. The van der Waals surface area contributed by atoms with Crippen molar-refractivity contribution in [2.75, 3.05) is 0 Å². The van der Waals surface area contributed by atoms with Gasteiger partial charge in [0.25, 0.3) is 0 Å². The molecule has 0 aromatic heterocycles. The zero-order valence-electron chi connectivity index (χ0n) is 8.25. The molecule has 1 rings (SSSR count). The molecule has 13 heavy (non-hydrogen) atoms. The minimum atomic E-state index is -0.231. The Kier molecular flexibility index (Phi) is 3.93. The highest BCUT2D eigenvalue weighted by Gasteiger charge is 1.95. The van der Waals surface area contributed by atoms with Crippen molar-refractivity contribution >= 4 is 14.7 Å². The van der Waals surface area contributed by atoms with Crippen LogP contribution in [0.5, 0.6) is 0 Å². The molecule has 0 fully saturated rings. The summed E-state index contributed by atoms with van der Waals surface area (Å²) in [5.41, 5.74) is 0.996. The molecule has 1 N–H and O–H groups in total. The van der Waals surface area contributed by atoms with Gasteiger partial charge in [-0.05, 0) is 19.4 Å². The van der Waals surface area contributed by atoms with Crippen LogP contribution in [0.3, 0.4) is 0 Å². The van der Waals surface area contributed by atoms with Crippen molar-refractivity contribution in [1.29, 1.82) is 0 Å². The largest absolute Gasteiger partial charge is 0.392 e. The third kappa shape index (κ3) is 3.17. The SMILES string of the molecule is CC=C(C)[SiH2]c1ccc(CO)cc1. The second kappa shape index (κ2) is 4.99. The lowest BCUT2D eigenvalue weighted by atomic mass is 10.2. The monoisotopic (exact) mass is 192 g/mol. The molecule has 0 atom stereocenters. The van der Waals surface area contributed by atoms with Gasteiger partial charge >= 0.3 is 0 Å². The van der Waals surface area contributed by atoms with Gasteiger partial charge in [-0.1, -0.05) is 40.7 Å². The zero-order chi connectivity index (χ0) is 9.68. The Morgan fingerprint density at radius 1 is 1.38 bits per heavy atom. The molecule has 0 saturated heterocycles. The first-order chi connectivity index (χ1) is 6.26. The summed E-state index contributed by atoms with van der Waals surface area (Å²) in [4.78, 5) is 0. The van der Waals surface area contributed by atoms with Crippen molar-refractivity contribution in [2.24, 2.45) is 0 Å². The molecule has 0 radical (unpaired) electrons. The summed E-state index contributed by atoms with van der Waals surface area (Å²) in [6.45, 7) is 4.42. The molecule has 70 valence electrons. The molecule has 0 bridgehead atoms. The van der Waals surface area contributed by atoms with Gasteiger partial charge < -0.3 is 5.11 Å². The fourth-order valence-electron chi connectivity index (χ4n) is 1.19. The average molecular weight is 192 g/mol. The van der Waals surface area contributed by atoms with E-state index in [2.05, 4.69) is 32.1 Å². The first kappa shape index (κ1) is 10.2. The lowest BCUT2D eigenvalue weighted by Crippen LogP contribution is -2.14. The molecule has 0 aliphatic rings. The van der Waals surface area contributed by atoms with Crippen LogP contribution in [0.1, 0.15) is 19.4 Å². The number of rotatable bonds is 3. The molecule has 1 aromatic rings. The fourth-order valence-corrected chi connectivity index (χ4v) is 2.51. The van der Waals surface area contributed by atoms with Crippen LogP contribution < -0.4 is 5.19 Å². The molecule has 0 heterocycles. The van der Waals surface area contributed by atoms with E-state index in [-0.39, 0.29) is 16.1 Å². The summed E-state index contributed by atoms with van der Waals surface area (Å²) in [6.07, 6.45) is 2.19. The molecule has 0 amide bonds. The number of allylic oxidation sites excluding steroid dienone is 2. The number of aliphatic hydroxyl groups excluding tert-OH is 1. The fraction of sp³-hybridized carbons (Fsp3) is 0.273. The first-order valence-electron chi connectivity index (χ1n) is 4.56. The highest BCUT2D eigenvalue weighted by molar-refractivity contribution is 6.60. The molecular formula is C11H16OSi. The summed E-state index contributed by atoms with van der Waals surface area (Å²) >= 11 is 0. The molecular weight excluding hydrogens is 176 g/mol. The molecule has 0 aliphatic heterocycles. The molecule has 2 heteroatoms. The van der Waals surface area contributed by atoms with Crippen LogP contribution in [0, 0.1) is 0 Å². The topological polar surface area (TPSA) is 20.2 Å². The maximum absolute atomic E-state index is 8.86. The van der Waals surface area contributed by atoms with Gasteiger partial charge in [-0.15, -0.1) is 0 Å². The van der Waals surface area contributed by atoms with Gasteiger partial charge in [0.1, 0.15) is 0 Å². The third-order valence-electron chi connectivity index (χ3n) is 2.18. The first-order valence-corrected chi connectivity index (χ1v) is 5.98. The van der Waals surface area contributed by atoms with E-state index in [9.17, 15) is 0 Å². The van der Waals surface area contributed by atoms with Crippen molar-refractivity contribution in [3.8, 4) is 0 Å². The zero-order valence-corrected chi connectivity index (χ0v) is 9.66. The minimum absolute atomic E-state index is 0.143. The van der Waals surface area contributed by atoms with Crippen LogP contribution in [0.2, 0.25) is 0 Å². The number of aliphatic hydroxyl groups is 1. The van der Waals surface area contributed by atoms with Crippen molar-refractivity contribution in [1.82, 2.24) is 0 Å². The van der Waals surface area contributed by atoms with Gasteiger partial charge in [0.05, 0.1) is 16.1 Å². The normalized spacial score (nSPS) is 12.7. The lowest BCUT2D eigenvalue weighted by Gasteiger charge is -2.01. The van der Waals surface area contributed by atoms with E-state index in [0.717, 1.165) is 5.56 Å². The Morgan fingerprint density at radius 3 is 2.46 bits per heavy atom. The van der Waals surface area contributed by atoms with Crippen LogP contribution in [0.4, 0.5) is 0 Å². The van der Waals surface area contributed by atoms with Crippen molar-refractivity contribution in [3.05, 3.63) is 41.1 Å². The molecule has 0 saturated carbocycles. The average Bonchev–Trinajstić information content (AvgIpc) is 2.19. The molecule has 1 aromatic carbocycles. The Bertz CT molecular complexity index is 287. The summed E-state index contributed by atoms with van der Waals surface area (Å²) < 4.78 is 0. The van der Waals surface area contributed by atoms with Gasteiger partial charge in [0.2, 0.25) is 0 Å². The van der Waals surface area contributed by atoms with E-state index in [1.807, 2.05) is 12.1 Å². The minimum Gasteiger partial charge on any atom is -0.392 e. The van der Waals surface area contributed by atoms with Crippen LogP contribution >= 0.6 is 0 Å². The molecule has 0 aliphatic carbocycles. The Hall–Kier alpha value is -0.863. The molecule has 1 nitrogen and oxygen atoms in total. The maximum Gasteiger partial charge on any atom is 0.0816 e. The van der Waals surface area contributed by atoms with E-state index in [1.165, 1.54) is 10.4 Å². The summed E-state index contributed by atoms with van der Waals surface area (Å²) in [6, 6.07) is 8.27. The van der Waals surface area contributed by atoms with Gasteiger partial charge in [-0.25, -0.2) is 0 Å². The van der Waals surface area contributed by atoms with Crippen LogP contribution in [-0.2, 0) is 6.61 Å². The van der Waals surface area contributed by atoms with Gasteiger partial charge in [-0.2, -0.15) is 0 Å². The van der Waals surface area contributed by atoms with Gasteiger partial charge in [0, 0.05) is 0 Å². The highest BCUT2D eigenvalue weighted by Crippen LogP contribution is 1.97. The van der Waals surface area contributed by atoms with Crippen molar-refractivity contribution < 1.29 is 5.11 Å². The van der Waals surface area contributed by atoms with Gasteiger partial charge in [-0.3, -0.25) is 0 Å². The third-order valence-corrected chi connectivity index (χ3v) is 4.03. The Labute approximate surface area is 81.9 Å². The predicted octanol–water partition coefficient (Wildman–Crippen LogP) is 0.897. The van der Waals surface area contributed by atoms with Gasteiger partial charge in [0.15, 0.2) is 0 Å². The van der Waals surface area contributed by atoms with Crippen LogP contribution in [-0.4, -0.2) is 14.6 Å². The van der Waals surface area contributed by atoms with Crippen LogP contribution in [0.15, 0.2) is 35.5 Å². The number of hydrogen-bond acceptors (Lipinski definition) is 1. The number of hydrogen-bond donors (Lipinski definition) is 1. The Morgan fingerprint density at radius 2 is 2.00 bits per heavy atom. The predicted molar refractivity (Wildman–Crippen MR) is 60.0 cm³/mol. The summed E-state index contributed by atoms with van der Waals surface area (Å²) in [5, 5.41) is 11.8. The van der Waals surface area contributed by atoms with Crippen molar-refractivity contribution in [2.45, 2.75) is 20.5 Å². The quantitative estimate of drug-likeness (QED) is 0.705. The van der Waals surface area contributed by atoms with E-state index in [4.69, 9.17) is 5.11 Å². The van der Waals surface area contributed by atoms with E-state index in [0.29, 0.717) is 0 Å². The van der Waals surface area contributed by atoms with E-state index >= 15 is 0 Å². The lowest BCUT2D eigenvalue weighted by molar-refractivity contribution is 0.282. The molecule has 0 unspecified atom stereocenters. The summed E-state index contributed by atoms with van der Waals surface area (Å²) in [5.74, 6) is 0. The summed E-state index contributed by atoms with van der Waals surface area (Å²) in [7, 11) is -0.231. The van der Waals surface area contributed by atoms with Crippen molar-refractivity contribution in [3.63, 3.8) is 0 Å². The Balaban J connectivity index is 2.69. The molecule has 0 spiro atoms. The maximum atomic E-state index is 8.86.